The minimum atomic E-state index is -1.24. The summed E-state index contributed by atoms with van der Waals surface area (Å²) in [5, 5.41) is 12.4. The van der Waals surface area contributed by atoms with Crippen LogP contribution in [-0.4, -0.2) is 54.5 Å². The van der Waals surface area contributed by atoms with Crippen molar-refractivity contribution in [3.63, 3.8) is 0 Å². The normalized spacial score (nSPS) is 24.4. The number of nitrogens with zero attached hydrogens (tertiary/aromatic N) is 1. The van der Waals surface area contributed by atoms with Crippen LogP contribution in [0.5, 0.6) is 11.5 Å². The Bertz CT molecular complexity index is 987. The molecule has 0 saturated carbocycles. The summed E-state index contributed by atoms with van der Waals surface area (Å²) in [7, 11) is 0. The van der Waals surface area contributed by atoms with Gasteiger partial charge in [-0.2, -0.15) is 0 Å². The Morgan fingerprint density at radius 1 is 1.06 bits per heavy atom. The zero-order valence-electron chi connectivity index (χ0n) is 19.3. The SMILES string of the molecule is CC(C)(C)OC(=O)N1CCC(C(O)(C2=CC=C3OCOC3C2)c2ccc3c(c2)OCO3)CC1. The molecule has 4 aliphatic rings. The van der Waals surface area contributed by atoms with Gasteiger partial charge in [-0.1, -0.05) is 12.1 Å². The molecule has 178 valence electrons. The van der Waals surface area contributed by atoms with Gasteiger partial charge in [-0.15, -0.1) is 0 Å². The van der Waals surface area contributed by atoms with Crippen LogP contribution in [0.25, 0.3) is 0 Å². The van der Waals surface area contributed by atoms with Crippen LogP contribution in [0.4, 0.5) is 4.79 Å². The maximum atomic E-state index is 12.6. The summed E-state index contributed by atoms with van der Waals surface area (Å²) in [5.74, 6) is 2.00. The molecule has 1 N–H and O–H groups in total. The second-order valence-corrected chi connectivity index (χ2v) is 9.96. The van der Waals surface area contributed by atoms with Gasteiger partial charge in [-0.3, -0.25) is 0 Å². The number of rotatable bonds is 3. The van der Waals surface area contributed by atoms with Crippen LogP contribution in [0.2, 0.25) is 0 Å². The van der Waals surface area contributed by atoms with Crippen LogP contribution in [0.15, 0.2) is 41.7 Å². The smallest absolute Gasteiger partial charge is 0.410 e. The van der Waals surface area contributed by atoms with E-state index in [0.29, 0.717) is 43.9 Å². The molecular weight excluding hydrogens is 426 g/mol. The minimum absolute atomic E-state index is 0.0971. The predicted molar refractivity (Wildman–Crippen MR) is 119 cm³/mol. The molecular formula is C25H31NO7. The van der Waals surface area contributed by atoms with Gasteiger partial charge in [0.25, 0.3) is 0 Å². The summed E-state index contributed by atoms with van der Waals surface area (Å²) in [6.45, 7) is 7.03. The first-order chi connectivity index (χ1) is 15.7. The summed E-state index contributed by atoms with van der Waals surface area (Å²) in [6.07, 6.45) is 5.17. The molecule has 0 radical (unpaired) electrons. The van der Waals surface area contributed by atoms with Crippen molar-refractivity contribution >= 4 is 6.09 Å². The van der Waals surface area contributed by atoms with Crippen molar-refractivity contribution in [2.24, 2.45) is 5.92 Å². The number of carbonyl (C=O) groups excluding carboxylic acids is 1. The third kappa shape index (κ3) is 4.17. The van der Waals surface area contributed by atoms with E-state index in [4.69, 9.17) is 23.7 Å². The quantitative estimate of drug-likeness (QED) is 0.738. The van der Waals surface area contributed by atoms with Crippen molar-refractivity contribution in [1.29, 1.82) is 0 Å². The second kappa shape index (κ2) is 8.25. The average Bonchev–Trinajstić information content (AvgIpc) is 3.45. The number of allylic oxidation sites excluding steroid dienone is 2. The molecule has 2 unspecified atom stereocenters. The standard InChI is InChI=1S/C25H31NO7/c1-24(2,3)33-23(27)26-10-8-16(9-11-26)25(28,17-4-6-19-21(12-17)31-14-29-19)18-5-7-20-22(13-18)32-15-30-20/h4-7,12,16,22,28H,8-11,13-15H2,1-3H3. The van der Waals surface area contributed by atoms with Crippen molar-refractivity contribution in [2.45, 2.75) is 57.3 Å². The number of fused-ring (bicyclic) bond motifs is 2. The number of piperidine rings is 1. The average molecular weight is 458 g/mol. The van der Waals surface area contributed by atoms with Gasteiger partial charge in [0.1, 0.15) is 23.1 Å². The van der Waals surface area contributed by atoms with Gasteiger partial charge in [-0.05, 0) is 68.9 Å². The Morgan fingerprint density at radius 3 is 2.58 bits per heavy atom. The fourth-order valence-corrected chi connectivity index (χ4v) is 5.03. The van der Waals surface area contributed by atoms with Crippen LogP contribution < -0.4 is 9.47 Å². The van der Waals surface area contributed by atoms with Gasteiger partial charge in [0.15, 0.2) is 18.3 Å². The minimum Gasteiger partial charge on any atom is -0.469 e. The number of amides is 1. The van der Waals surface area contributed by atoms with E-state index >= 15 is 0 Å². The van der Waals surface area contributed by atoms with E-state index in [2.05, 4.69) is 0 Å². The lowest BCUT2D eigenvalue weighted by atomic mass is 9.69. The lowest BCUT2D eigenvalue weighted by Crippen LogP contribution is -2.48. The molecule has 2 atom stereocenters. The molecule has 0 spiro atoms. The lowest BCUT2D eigenvalue weighted by molar-refractivity contribution is -0.0319. The third-order valence-corrected chi connectivity index (χ3v) is 6.71. The fourth-order valence-electron chi connectivity index (χ4n) is 5.03. The molecule has 0 bridgehead atoms. The van der Waals surface area contributed by atoms with Crippen molar-refractivity contribution in [3.05, 3.63) is 47.2 Å². The van der Waals surface area contributed by atoms with Crippen LogP contribution in [0, 0.1) is 5.92 Å². The van der Waals surface area contributed by atoms with E-state index < -0.39 is 11.2 Å². The first-order valence-corrected chi connectivity index (χ1v) is 11.5. The maximum Gasteiger partial charge on any atom is 0.410 e. The van der Waals surface area contributed by atoms with Gasteiger partial charge in [0.05, 0.1) is 0 Å². The lowest BCUT2D eigenvalue weighted by Gasteiger charge is -2.44. The van der Waals surface area contributed by atoms with E-state index in [9.17, 15) is 9.90 Å². The highest BCUT2D eigenvalue weighted by molar-refractivity contribution is 5.68. The predicted octanol–water partition coefficient (Wildman–Crippen LogP) is 3.84. The first-order valence-electron chi connectivity index (χ1n) is 11.5. The van der Waals surface area contributed by atoms with Gasteiger partial charge in [0.2, 0.25) is 6.79 Å². The van der Waals surface area contributed by atoms with Gasteiger partial charge in [0, 0.05) is 19.5 Å². The van der Waals surface area contributed by atoms with Crippen molar-refractivity contribution < 1.29 is 33.6 Å². The van der Waals surface area contributed by atoms with Crippen LogP contribution in [-0.2, 0) is 19.8 Å². The zero-order valence-corrected chi connectivity index (χ0v) is 19.3. The van der Waals surface area contributed by atoms with E-state index in [1.54, 1.807) is 4.90 Å². The molecule has 2 fully saturated rings. The molecule has 3 aliphatic heterocycles. The van der Waals surface area contributed by atoms with E-state index in [-0.39, 0.29) is 31.7 Å². The van der Waals surface area contributed by atoms with E-state index in [1.807, 2.05) is 51.1 Å². The molecule has 0 aromatic heterocycles. The molecule has 33 heavy (non-hydrogen) atoms. The zero-order chi connectivity index (χ0) is 23.2. The number of hydrogen-bond acceptors (Lipinski definition) is 7. The van der Waals surface area contributed by atoms with Crippen LogP contribution in [0.3, 0.4) is 0 Å². The van der Waals surface area contributed by atoms with Crippen molar-refractivity contribution in [3.8, 4) is 11.5 Å². The highest BCUT2D eigenvalue weighted by Crippen LogP contribution is 2.48. The Labute approximate surface area is 193 Å². The molecule has 1 aromatic carbocycles. The molecule has 3 heterocycles. The maximum absolute atomic E-state index is 12.6. The molecule has 2 saturated heterocycles. The van der Waals surface area contributed by atoms with Crippen LogP contribution in [0.1, 0.15) is 45.6 Å². The number of likely N-dealkylation sites (tertiary alicyclic amines) is 1. The summed E-state index contributed by atoms with van der Waals surface area (Å²) < 4.78 is 27.9. The monoisotopic (exact) mass is 457 g/mol. The summed E-state index contributed by atoms with van der Waals surface area (Å²) >= 11 is 0. The van der Waals surface area contributed by atoms with E-state index in [1.165, 1.54) is 0 Å². The molecule has 8 heteroatoms. The highest BCUT2D eigenvalue weighted by Gasteiger charge is 2.46. The number of hydrogen-bond donors (Lipinski definition) is 1. The molecule has 5 rings (SSSR count). The molecule has 8 nitrogen and oxygen atoms in total. The Hall–Kier alpha value is -2.71. The Balaban J connectivity index is 1.42. The number of aliphatic hydroxyl groups is 1. The summed E-state index contributed by atoms with van der Waals surface area (Å²) in [5.41, 5.74) is -0.156. The topological polar surface area (TPSA) is 86.7 Å². The van der Waals surface area contributed by atoms with Crippen LogP contribution >= 0.6 is 0 Å². The van der Waals surface area contributed by atoms with Crippen molar-refractivity contribution in [1.82, 2.24) is 4.90 Å². The Morgan fingerprint density at radius 2 is 1.82 bits per heavy atom. The number of carbonyl (C=O) groups is 1. The molecule has 1 aliphatic carbocycles. The third-order valence-electron chi connectivity index (χ3n) is 6.71. The van der Waals surface area contributed by atoms with Gasteiger partial charge < -0.3 is 33.7 Å². The summed E-state index contributed by atoms with van der Waals surface area (Å²) in [4.78, 5) is 14.3. The molecule has 1 amide bonds. The fraction of sp³-hybridized carbons (Fsp3) is 0.560. The Kier molecular flexibility index (Phi) is 5.53. The molecule has 1 aromatic rings. The first kappa shape index (κ1) is 22.1. The van der Waals surface area contributed by atoms with Gasteiger partial charge >= 0.3 is 6.09 Å². The highest BCUT2D eigenvalue weighted by atomic mass is 16.7. The second-order valence-electron chi connectivity index (χ2n) is 9.96. The van der Waals surface area contributed by atoms with Crippen molar-refractivity contribution in [2.75, 3.05) is 26.7 Å². The number of ether oxygens (including phenoxy) is 5. The summed E-state index contributed by atoms with van der Waals surface area (Å²) in [6, 6.07) is 5.62. The number of benzene rings is 1. The largest absolute Gasteiger partial charge is 0.469 e. The van der Waals surface area contributed by atoms with Gasteiger partial charge in [-0.25, -0.2) is 4.79 Å². The van der Waals surface area contributed by atoms with E-state index in [0.717, 1.165) is 16.9 Å².